The highest BCUT2D eigenvalue weighted by Crippen LogP contribution is 2.35. The van der Waals surface area contributed by atoms with Crippen LogP contribution in [0.3, 0.4) is 0 Å². The lowest BCUT2D eigenvalue weighted by Gasteiger charge is -2.29. The molecule has 0 bridgehead atoms. The zero-order valence-electron chi connectivity index (χ0n) is 21.3. The smallest absolute Gasteiger partial charge is 0.333 e. The van der Waals surface area contributed by atoms with Crippen molar-refractivity contribution < 1.29 is 19.1 Å². The zero-order valence-corrected chi connectivity index (χ0v) is 21.3. The number of esters is 1. The number of likely N-dealkylation sites (N-methyl/N-ethyl adjacent to an activating group) is 1. The number of hydrogen-bond acceptors (Lipinski definition) is 5. The number of nitrogens with zero attached hydrogens (tertiary/aromatic N) is 2. The van der Waals surface area contributed by atoms with Gasteiger partial charge in [-0.15, -0.1) is 0 Å². The molecule has 1 heterocycles. The van der Waals surface area contributed by atoms with Crippen molar-refractivity contribution in [3.63, 3.8) is 0 Å². The van der Waals surface area contributed by atoms with Crippen molar-refractivity contribution in [2.24, 2.45) is 0 Å². The average Bonchev–Trinajstić information content (AvgIpc) is 2.81. The fraction of sp³-hybridized carbons (Fsp3) is 0.464. The first-order valence-electron chi connectivity index (χ1n) is 12.2. The number of anilines is 1. The first-order valence-corrected chi connectivity index (χ1v) is 12.2. The van der Waals surface area contributed by atoms with Crippen LogP contribution in [0.1, 0.15) is 80.5 Å². The zero-order chi connectivity index (χ0) is 25.3. The molecule has 3 rings (SSSR count). The summed E-state index contributed by atoms with van der Waals surface area (Å²) in [5.74, 6) is -0.870. The predicted molar refractivity (Wildman–Crippen MR) is 138 cm³/mol. The van der Waals surface area contributed by atoms with Crippen molar-refractivity contribution in [2.45, 2.75) is 59.8 Å². The molecule has 0 saturated carbocycles. The van der Waals surface area contributed by atoms with Crippen LogP contribution >= 0.6 is 0 Å². The summed E-state index contributed by atoms with van der Waals surface area (Å²) in [6.07, 6.45) is 5.27. The summed E-state index contributed by atoms with van der Waals surface area (Å²) < 4.78 is 5.20. The number of carbonyl (C=O) groups excluding carboxylic acids is 3. The van der Waals surface area contributed by atoms with Gasteiger partial charge in [0.1, 0.15) is 6.61 Å². The first kappa shape index (κ1) is 27.1. The molecule has 1 aliphatic heterocycles. The van der Waals surface area contributed by atoms with E-state index in [4.69, 9.17) is 4.74 Å². The van der Waals surface area contributed by atoms with Crippen LogP contribution in [0.2, 0.25) is 0 Å². The topological polar surface area (TPSA) is 66.9 Å². The van der Waals surface area contributed by atoms with Crippen molar-refractivity contribution in [3.05, 3.63) is 53.6 Å². The summed E-state index contributed by atoms with van der Waals surface area (Å²) in [6, 6.07) is 9.25. The van der Waals surface area contributed by atoms with Gasteiger partial charge < -0.3 is 9.64 Å². The number of carbonyl (C=O) groups is 3. The van der Waals surface area contributed by atoms with Crippen LogP contribution in [-0.4, -0.2) is 49.4 Å². The number of amides is 2. The third-order valence-corrected chi connectivity index (χ3v) is 5.62. The second kappa shape index (κ2) is 12.9. The Morgan fingerprint density at radius 1 is 1.00 bits per heavy atom. The minimum Gasteiger partial charge on any atom is -0.460 e. The van der Waals surface area contributed by atoms with E-state index in [0.717, 1.165) is 36.8 Å². The molecule has 0 aliphatic carbocycles. The molecular weight excluding hydrogens is 428 g/mol. The van der Waals surface area contributed by atoms with Crippen molar-refractivity contribution in [1.29, 1.82) is 0 Å². The van der Waals surface area contributed by atoms with E-state index in [2.05, 4.69) is 27.4 Å². The molecule has 0 unspecified atom stereocenters. The maximum atomic E-state index is 13.1. The quantitative estimate of drug-likeness (QED) is 0.186. The van der Waals surface area contributed by atoms with Gasteiger partial charge in [-0.3, -0.25) is 14.5 Å². The number of rotatable bonds is 10. The summed E-state index contributed by atoms with van der Waals surface area (Å²) in [5, 5.41) is 1.54. The van der Waals surface area contributed by atoms with Crippen LogP contribution in [-0.2, 0) is 9.53 Å². The molecule has 6 nitrogen and oxygen atoms in total. The Hall–Kier alpha value is -3.15. The van der Waals surface area contributed by atoms with Crippen LogP contribution < -0.4 is 4.90 Å². The maximum absolute atomic E-state index is 13.1. The van der Waals surface area contributed by atoms with Crippen molar-refractivity contribution in [1.82, 2.24) is 4.90 Å². The van der Waals surface area contributed by atoms with E-state index in [1.807, 2.05) is 30.1 Å². The fourth-order valence-electron chi connectivity index (χ4n) is 3.88. The van der Waals surface area contributed by atoms with Gasteiger partial charge in [0.15, 0.2) is 0 Å². The number of ether oxygens (including phenoxy) is 1. The van der Waals surface area contributed by atoms with Crippen LogP contribution in [0.4, 0.5) is 5.69 Å². The monoisotopic (exact) mass is 466 g/mol. The highest BCUT2D eigenvalue weighted by molar-refractivity contribution is 6.26. The molecule has 2 amide bonds. The number of unbranched alkanes of at least 4 members (excludes halogenated alkanes) is 3. The maximum Gasteiger partial charge on any atom is 0.333 e. The summed E-state index contributed by atoms with van der Waals surface area (Å²) in [4.78, 5) is 41.1. The SMILES string of the molecule is C=C(C)C(=O)OCCN(C)c1ccc2c3c(cccc13)C(=O)N(CCCCCC)C2=O.CCC. The molecule has 2 aromatic carbocycles. The standard InChI is InChI=1S/C25H30N2O4.C3H8/c1-5-6-7-8-14-27-23(28)19-11-9-10-18-21(13-12-20(22(18)19)24(27)29)26(4)15-16-31-25(30)17(2)3;1-3-2/h9-13H,2,5-8,14-16H2,1,3-4H3;3H2,1-2H3. The Morgan fingerprint density at radius 3 is 2.26 bits per heavy atom. The molecule has 34 heavy (non-hydrogen) atoms. The summed E-state index contributed by atoms with van der Waals surface area (Å²) in [5.41, 5.74) is 2.36. The van der Waals surface area contributed by atoms with Crippen LogP contribution in [0.25, 0.3) is 10.8 Å². The lowest BCUT2D eigenvalue weighted by molar-refractivity contribution is -0.138. The molecule has 184 valence electrons. The lowest BCUT2D eigenvalue weighted by atomic mass is 9.92. The van der Waals surface area contributed by atoms with Crippen LogP contribution in [0.15, 0.2) is 42.5 Å². The Balaban J connectivity index is 0.00000129. The van der Waals surface area contributed by atoms with Gasteiger partial charge in [-0.2, -0.15) is 0 Å². The molecule has 0 atom stereocenters. The van der Waals surface area contributed by atoms with E-state index in [1.54, 1.807) is 19.1 Å². The van der Waals surface area contributed by atoms with E-state index in [-0.39, 0.29) is 18.4 Å². The van der Waals surface area contributed by atoms with Crippen molar-refractivity contribution in [2.75, 3.05) is 31.6 Å². The molecular formula is C28H38N2O4. The highest BCUT2D eigenvalue weighted by Gasteiger charge is 2.33. The van der Waals surface area contributed by atoms with E-state index < -0.39 is 5.97 Å². The molecule has 0 N–H and O–H groups in total. The second-order valence-electron chi connectivity index (χ2n) is 8.73. The van der Waals surface area contributed by atoms with Crippen molar-refractivity contribution >= 4 is 34.2 Å². The van der Waals surface area contributed by atoms with Gasteiger partial charge in [-0.1, -0.05) is 65.2 Å². The van der Waals surface area contributed by atoms with Crippen LogP contribution in [0.5, 0.6) is 0 Å². The Bertz CT molecular complexity index is 1020. The second-order valence-corrected chi connectivity index (χ2v) is 8.73. The molecule has 6 heteroatoms. The molecule has 0 fully saturated rings. The Morgan fingerprint density at radius 2 is 1.65 bits per heavy atom. The third kappa shape index (κ3) is 6.25. The van der Waals surface area contributed by atoms with E-state index in [0.29, 0.717) is 35.2 Å². The van der Waals surface area contributed by atoms with Gasteiger partial charge in [0.05, 0.1) is 6.54 Å². The number of benzene rings is 2. The lowest BCUT2D eigenvalue weighted by Crippen LogP contribution is -2.41. The molecule has 0 radical (unpaired) electrons. The largest absolute Gasteiger partial charge is 0.460 e. The fourth-order valence-corrected chi connectivity index (χ4v) is 3.88. The van der Waals surface area contributed by atoms with E-state index in [1.165, 1.54) is 11.3 Å². The molecule has 2 aromatic rings. The predicted octanol–water partition coefficient (Wildman–Crippen LogP) is 5.99. The molecule has 1 aliphatic rings. The average molecular weight is 467 g/mol. The number of hydrogen-bond donors (Lipinski definition) is 0. The third-order valence-electron chi connectivity index (χ3n) is 5.62. The number of imide groups is 1. The highest BCUT2D eigenvalue weighted by atomic mass is 16.5. The van der Waals surface area contributed by atoms with Gasteiger partial charge >= 0.3 is 5.97 Å². The summed E-state index contributed by atoms with van der Waals surface area (Å²) >= 11 is 0. The molecule has 0 spiro atoms. The van der Waals surface area contributed by atoms with Gasteiger partial charge in [0.25, 0.3) is 11.8 Å². The minimum absolute atomic E-state index is 0.217. The van der Waals surface area contributed by atoms with E-state index >= 15 is 0 Å². The van der Waals surface area contributed by atoms with Crippen LogP contribution in [0, 0.1) is 0 Å². The van der Waals surface area contributed by atoms with E-state index in [9.17, 15) is 14.4 Å². The molecule has 0 saturated heterocycles. The minimum atomic E-state index is -0.416. The van der Waals surface area contributed by atoms with Crippen molar-refractivity contribution in [3.8, 4) is 0 Å². The summed E-state index contributed by atoms with van der Waals surface area (Å²) in [6.45, 7) is 12.7. The van der Waals surface area contributed by atoms with Gasteiger partial charge in [0, 0.05) is 46.8 Å². The normalized spacial score (nSPS) is 12.3. The Labute approximate surface area is 203 Å². The summed E-state index contributed by atoms with van der Waals surface area (Å²) in [7, 11) is 1.89. The van der Waals surface area contributed by atoms with Gasteiger partial charge in [-0.25, -0.2) is 4.79 Å². The molecule has 0 aromatic heterocycles. The first-order chi connectivity index (χ1) is 16.3. The Kier molecular flexibility index (Phi) is 10.3. The van der Waals surface area contributed by atoms with Gasteiger partial charge in [-0.05, 0) is 31.5 Å². The van der Waals surface area contributed by atoms with Gasteiger partial charge in [0.2, 0.25) is 0 Å².